The zero-order valence-corrected chi connectivity index (χ0v) is 12.0. The average molecular weight is 260 g/mol. The van der Waals surface area contributed by atoms with Gasteiger partial charge in [0.25, 0.3) is 0 Å². The highest BCUT2D eigenvalue weighted by Gasteiger charge is 2.30. The van der Waals surface area contributed by atoms with Gasteiger partial charge < -0.3 is 15.0 Å². The van der Waals surface area contributed by atoms with Gasteiger partial charge in [-0.25, -0.2) is 0 Å². The minimum absolute atomic E-state index is 0.335. The van der Waals surface area contributed by atoms with Crippen LogP contribution >= 0.6 is 0 Å². The molecule has 2 aliphatic heterocycles. The lowest BCUT2D eigenvalue weighted by molar-refractivity contribution is 0.0800. The van der Waals surface area contributed by atoms with E-state index in [9.17, 15) is 0 Å². The third-order valence-electron chi connectivity index (χ3n) is 4.59. The van der Waals surface area contributed by atoms with Gasteiger partial charge in [0.15, 0.2) is 0 Å². The van der Waals surface area contributed by atoms with Gasteiger partial charge >= 0.3 is 0 Å². The number of hydrogen-bond donors (Lipinski definition) is 1. The van der Waals surface area contributed by atoms with Crippen LogP contribution < -0.4 is 10.1 Å². The number of rotatable bonds is 3. The zero-order chi connectivity index (χ0) is 13.3. The van der Waals surface area contributed by atoms with E-state index in [2.05, 4.69) is 42.4 Å². The molecule has 0 aliphatic carbocycles. The topological polar surface area (TPSA) is 24.5 Å². The van der Waals surface area contributed by atoms with E-state index in [1.165, 1.54) is 37.2 Å². The van der Waals surface area contributed by atoms with Crippen molar-refractivity contribution in [3.63, 3.8) is 0 Å². The Morgan fingerprint density at radius 3 is 2.89 bits per heavy atom. The molecule has 0 radical (unpaired) electrons. The maximum Gasteiger partial charge on any atom is 0.124 e. The Morgan fingerprint density at radius 1 is 1.32 bits per heavy atom. The van der Waals surface area contributed by atoms with Crippen molar-refractivity contribution in [2.24, 2.45) is 5.41 Å². The summed E-state index contributed by atoms with van der Waals surface area (Å²) in [6, 6.07) is 6.35. The van der Waals surface area contributed by atoms with Gasteiger partial charge in [-0.1, -0.05) is 13.0 Å². The van der Waals surface area contributed by atoms with Crippen molar-refractivity contribution in [3.05, 3.63) is 23.8 Å². The molecule has 0 unspecified atom stereocenters. The number of fused-ring (bicyclic) bond motifs is 1. The van der Waals surface area contributed by atoms with Crippen molar-refractivity contribution in [2.75, 3.05) is 38.6 Å². The Labute approximate surface area is 115 Å². The summed E-state index contributed by atoms with van der Waals surface area (Å²) in [5, 5.41) is 3.41. The smallest absolute Gasteiger partial charge is 0.124 e. The number of piperidine rings is 1. The van der Waals surface area contributed by atoms with Crippen molar-refractivity contribution < 1.29 is 4.74 Å². The third-order valence-corrected chi connectivity index (χ3v) is 4.59. The van der Waals surface area contributed by atoms with Crippen molar-refractivity contribution >= 4 is 5.69 Å². The summed E-state index contributed by atoms with van der Waals surface area (Å²) in [7, 11) is 2.20. The van der Waals surface area contributed by atoms with Crippen LogP contribution in [0.4, 0.5) is 5.69 Å². The van der Waals surface area contributed by atoms with Crippen molar-refractivity contribution in [3.8, 4) is 5.75 Å². The summed E-state index contributed by atoms with van der Waals surface area (Å²) in [5.41, 5.74) is 2.95. The molecule has 1 fully saturated rings. The van der Waals surface area contributed by atoms with E-state index in [4.69, 9.17) is 4.74 Å². The number of anilines is 1. The highest BCUT2D eigenvalue weighted by atomic mass is 16.5. The summed E-state index contributed by atoms with van der Waals surface area (Å²) in [5.74, 6) is 1.09. The molecule has 0 atom stereocenters. The largest absolute Gasteiger partial charge is 0.493 e. The number of hydrogen-bond acceptors (Lipinski definition) is 3. The fraction of sp³-hybridized carbons (Fsp3) is 0.625. The lowest BCUT2D eigenvalue weighted by atomic mass is 9.81. The summed E-state index contributed by atoms with van der Waals surface area (Å²) in [6.07, 6.45) is 3.55. The van der Waals surface area contributed by atoms with Crippen LogP contribution in [0.1, 0.15) is 25.3 Å². The quantitative estimate of drug-likeness (QED) is 0.904. The molecule has 0 aromatic heterocycles. The van der Waals surface area contributed by atoms with Gasteiger partial charge in [-0.3, -0.25) is 0 Å². The van der Waals surface area contributed by atoms with E-state index in [0.29, 0.717) is 5.41 Å². The van der Waals surface area contributed by atoms with Crippen molar-refractivity contribution in [1.29, 1.82) is 0 Å². The summed E-state index contributed by atoms with van der Waals surface area (Å²) in [6.45, 7) is 6.62. The molecule has 2 heterocycles. The van der Waals surface area contributed by atoms with Crippen LogP contribution in [0.15, 0.2) is 18.2 Å². The Kier molecular flexibility index (Phi) is 3.40. The zero-order valence-electron chi connectivity index (χ0n) is 12.0. The van der Waals surface area contributed by atoms with E-state index < -0.39 is 0 Å². The number of nitrogens with zero attached hydrogens (tertiary/aromatic N) is 1. The maximum absolute atomic E-state index is 6.17. The normalized spacial score (nSPS) is 21.8. The highest BCUT2D eigenvalue weighted by molar-refractivity contribution is 5.61. The SMILES string of the molecule is CN1CCC(C)(COc2cccc3c2CCN3)CC1. The molecular formula is C16H24N2O. The Morgan fingerprint density at radius 2 is 2.11 bits per heavy atom. The molecule has 19 heavy (non-hydrogen) atoms. The Balaban J connectivity index is 1.65. The fourth-order valence-corrected chi connectivity index (χ4v) is 3.00. The first-order valence-electron chi connectivity index (χ1n) is 7.33. The van der Waals surface area contributed by atoms with Gasteiger partial charge in [0.1, 0.15) is 5.75 Å². The highest BCUT2D eigenvalue weighted by Crippen LogP contribution is 2.35. The number of nitrogens with one attached hydrogen (secondary N) is 1. The lowest BCUT2D eigenvalue weighted by Gasteiger charge is -2.37. The molecule has 0 bridgehead atoms. The first kappa shape index (κ1) is 12.8. The monoisotopic (exact) mass is 260 g/mol. The predicted octanol–water partition coefficient (Wildman–Crippen LogP) is 2.77. The van der Waals surface area contributed by atoms with Gasteiger partial charge in [0.05, 0.1) is 6.61 Å². The van der Waals surface area contributed by atoms with Crippen molar-refractivity contribution in [1.82, 2.24) is 4.90 Å². The summed E-state index contributed by atoms with van der Waals surface area (Å²) >= 11 is 0. The molecule has 0 amide bonds. The molecule has 2 aliphatic rings. The molecule has 1 aromatic rings. The third kappa shape index (κ3) is 2.71. The number of ether oxygens (including phenoxy) is 1. The molecule has 0 spiro atoms. The minimum Gasteiger partial charge on any atom is -0.493 e. The van der Waals surface area contributed by atoms with E-state index in [1.807, 2.05) is 0 Å². The molecule has 1 aromatic carbocycles. The Bertz CT molecular complexity index is 450. The van der Waals surface area contributed by atoms with E-state index in [0.717, 1.165) is 25.3 Å². The molecular weight excluding hydrogens is 236 g/mol. The van der Waals surface area contributed by atoms with Crippen molar-refractivity contribution in [2.45, 2.75) is 26.2 Å². The lowest BCUT2D eigenvalue weighted by Crippen LogP contribution is -2.39. The summed E-state index contributed by atoms with van der Waals surface area (Å²) < 4.78 is 6.17. The molecule has 3 heteroatoms. The van der Waals surface area contributed by atoms with Gasteiger partial charge in [-0.15, -0.1) is 0 Å². The van der Waals surface area contributed by atoms with Crippen LogP contribution in [0.25, 0.3) is 0 Å². The van der Waals surface area contributed by atoms with Gasteiger partial charge in [-0.2, -0.15) is 0 Å². The van der Waals surface area contributed by atoms with E-state index in [-0.39, 0.29) is 0 Å². The van der Waals surface area contributed by atoms with Gasteiger partial charge in [0.2, 0.25) is 0 Å². The minimum atomic E-state index is 0.335. The standard InChI is InChI=1S/C16H24N2O/c1-16(7-10-18(2)11-8-16)12-19-15-5-3-4-14-13(15)6-9-17-14/h3-5,17H,6-12H2,1-2H3. The fourth-order valence-electron chi connectivity index (χ4n) is 3.00. The molecule has 0 saturated carbocycles. The number of likely N-dealkylation sites (tertiary alicyclic amines) is 1. The molecule has 3 rings (SSSR count). The Hall–Kier alpha value is -1.22. The first-order chi connectivity index (χ1) is 9.16. The summed E-state index contributed by atoms with van der Waals surface area (Å²) in [4.78, 5) is 2.41. The molecule has 3 nitrogen and oxygen atoms in total. The number of benzene rings is 1. The second-order valence-electron chi connectivity index (χ2n) is 6.36. The van der Waals surface area contributed by atoms with Crippen LogP contribution in [0.2, 0.25) is 0 Å². The second kappa shape index (κ2) is 5.04. The van der Waals surface area contributed by atoms with Crippen LogP contribution in [-0.2, 0) is 6.42 Å². The molecule has 1 N–H and O–H groups in total. The van der Waals surface area contributed by atoms with Gasteiger partial charge in [0, 0.05) is 23.2 Å². The van der Waals surface area contributed by atoms with Crippen LogP contribution in [0, 0.1) is 5.41 Å². The van der Waals surface area contributed by atoms with E-state index >= 15 is 0 Å². The first-order valence-corrected chi connectivity index (χ1v) is 7.33. The predicted molar refractivity (Wildman–Crippen MR) is 79.0 cm³/mol. The van der Waals surface area contributed by atoms with E-state index in [1.54, 1.807) is 0 Å². The second-order valence-corrected chi connectivity index (χ2v) is 6.36. The van der Waals surface area contributed by atoms with Crippen LogP contribution in [0.3, 0.4) is 0 Å². The van der Waals surface area contributed by atoms with Crippen LogP contribution in [0.5, 0.6) is 5.75 Å². The maximum atomic E-state index is 6.17. The van der Waals surface area contributed by atoms with Gasteiger partial charge in [-0.05, 0) is 51.5 Å². The molecule has 1 saturated heterocycles. The average Bonchev–Trinajstić information content (AvgIpc) is 2.89. The molecule has 104 valence electrons. The van der Waals surface area contributed by atoms with Crippen LogP contribution in [-0.4, -0.2) is 38.2 Å².